The molecule has 2 saturated heterocycles. The van der Waals surface area contributed by atoms with Crippen molar-refractivity contribution in [1.29, 1.82) is 0 Å². The van der Waals surface area contributed by atoms with E-state index in [9.17, 15) is 24.2 Å². The summed E-state index contributed by atoms with van der Waals surface area (Å²) in [6.45, 7) is 10.8. The summed E-state index contributed by atoms with van der Waals surface area (Å²) in [5, 5.41) is 20.9. The molecule has 0 unspecified atom stereocenters. The number of aryl methyl sites for hydroxylation is 1. The standard InChI is InChI=1S/C36H49FN2O8/c1-6-8-25(9-7-2)39(26-10-11-28(37)22(3)14-26)31(41)19-38-18-27(23-15-24(20-40)33-30(16-23)46-21-47-33)32(34(42)43)29(38)17-36(4,5)35-44-12-13-45-35/h10-11,14-16,25,27,29,32,35,40H,6-9,12-13,17-21H2,1-5H3,(H,42,43)/t27-,29+,32-/m1/s1. The molecule has 10 nitrogen and oxygen atoms in total. The minimum absolute atomic E-state index is 0.0209. The van der Waals surface area contributed by atoms with Crippen molar-refractivity contribution in [3.05, 3.63) is 52.8 Å². The number of aliphatic carboxylic acids is 1. The number of ether oxygens (including phenoxy) is 4. The topological polar surface area (TPSA) is 118 Å². The fourth-order valence-corrected chi connectivity index (χ4v) is 7.62. The number of rotatable bonds is 14. The third-order valence-corrected chi connectivity index (χ3v) is 9.83. The summed E-state index contributed by atoms with van der Waals surface area (Å²) >= 11 is 0. The average Bonchev–Trinajstić information content (AvgIpc) is 3.80. The van der Waals surface area contributed by atoms with Crippen LogP contribution in [-0.4, -0.2) is 78.5 Å². The molecule has 0 bridgehead atoms. The first-order valence-electron chi connectivity index (χ1n) is 16.8. The van der Waals surface area contributed by atoms with E-state index in [2.05, 4.69) is 13.8 Å². The molecule has 1 amide bonds. The van der Waals surface area contributed by atoms with Gasteiger partial charge in [-0.1, -0.05) is 40.5 Å². The highest BCUT2D eigenvalue weighted by molar-refractivity contribution is 5.95. The lowest BCUT2D eigenvalue weighted by Crippen LogP contribution is -2.49. The number of hydrogen-bond donors (Lipinski definition) is 2. The molecule has 11 heteroatoms. The number of aliphatic hydroxyl groups excluding tert-OH is 1. The first-order valence-corrected chi connectivity index (χ1v) is 16.8. The van der Waals surface area contributed by atoms with Gasteiger partial charge < -0.3 is 34.1 Å². The van der Waals surface area contributed by atoms with Gasteiger partial charge in [-0.25, -0.2) is 4.39 Å². The number of hydrogen-bond acceptors (Lipinski definition) is 8. The number of carboxylic acids is 1. The Kier molecular flexibility index (Phi) is 11.1. The van der Waals surface area contributed by atoms with Gasteiger partial charge in [-0.05, 0) is 67.6 Å². The first kappa shape index (κ1) is 35.1. The largest absolute Gasteiger partial charge is 0.481 e. The van der Waals surface area contributed by atoms with Crippen LogP contribution in [0.5, 0.6) is 11.5 Å². The van der Waals surface area contributed by atoms with Crippen molar-refractivity contribution in [3.8, 4) is 11.5 Å². The van der Waals surface area contributed by atoms with E-state index in [1.807, 2.05) is 18.7 Å². The Morgan fingerprint density at radius 3 is 2.40 bits per heavy atom. The molecule has 2 aromatic carbocycles. The summed E-state index contributed by atoms with van der Waals surface area (Å²) in [6.07, 6.45) is 3.21. The molecule has 0 radical (unpaired) electrons. The minimum Gasteiger partial charge on any atom is -0.481 e. The van der Waals surface area contributed by atoms with E-state index in [0.29, 0.717) is 60.1 Å². The number of carbonyl (C=O) groups excluding carboxylic acids is 1. The predicted molar refractivity (Wildman–Crippen MR) is 174 cm³/mol. The number of anilines is 1. The predicted octanol–water partition coefficient (Wildman–Crippen LogP) is 5.61. The lowest BCUT2D eigenvalue weighted by molar-refractivity contribution is -0.147. The summed E-state index contributed by atoms with van der Waals surface area (Å²) < 4.78 is 37.4. The summed E-state index contributed by atoms with van der Waals surface area (Å²) in [6, 6.07) is 7.73. The van der Waals surface area contributed by atoms with Gasteiger partial charge in [-0.2, -0.15) is 0 Å². The lowest BCUT2D eigenvalue weighted by Gasteiger charge is -2.38. The number of benzene rings is 2. The molecule has 0 aliphatic carbocycles. The van der Waals surface area contributed by atoms with Gasteiger partial charge in [0.2, 0.25) is 12.7 Å². The first-order chi connectivity index (χ1) is 22.5. The fraction of sp³-hybridized carbons (Fsp3) is 0.611. The zero-order valence-corrected chi connectivity index (χ0v) is 28.2. The number of carbonyl (C=O) groups is 2. The second kappa shape index (κ2) is 14.9. The van der Waals surface area contributed by atoms with Crippen molar-refractivity contribution >= 4 is 17.6 Å². The Bertz CT molecular complexity index is 1420. The average molecular weight is 657 g/mol. The SMILES string of the molecule is CCCC(CCC)N(C(=O)CN1C[C@H](c2cc(CO)c3c(c2)OCO3)[C@@H](C(=O)O)[C@@H]1CC(C)(C)C1OCCO1)c1ccc(F)c(C)c1. The number of fused-ring (bicyclic) bond motifs is 1. The molecule has 3 aliphatic heterocycles. The van der Waals surface area contributed by atoms with Crippen LogP contribution < -0.4 is 14.4 Å². The molecule has 47 heavy (non-hydrogen) atoms. The molecule has 3 heterocycles. The van der Waals surface area contributed by atoms with Crippen molar-refractivity contribution < 1.29 is 43.1 Å². The summed E-state index contributed by atoms with van der Waals surface area (Å²) in [5.74, 6) is -1.92. The third kappa shape index (κ3) is 7.43. The van der Waals surface area contributed by atoms with Crippen molar-refractivity contribution in [2.75, 3.05) is 38.0 Å². The van der Waals surface area contributed by atoms with Crippen LogP contribution in [0.15, 0.2) is 30.3 Å². The number of aliphatic hydroxyl groups is 1. The van der Waals surface area contributed by atoms with Gasteiger partial charge in [0, 0.05) is 41.2 Å². The van der Waals surface area contributed by atoms with Crippen LogP contribution in [0.1, 0.15) is 82.4 Å². The molecule has 3 atom stereocenters. The minimum atomic E-state index is -0.969. The van der Waals surface area contributed by atoms with Gasteiger partial charge in [0.05, 0.1) is 32.3 Å². The van der Waals surface area contributed by atoms with Crippen LogP contribution in [0, 0.1) is 24.1 Å². The number of halogens is 1. The van der Waals surface area contributed by atoms with E-state index in [1.54, 1.807) is 36.1 Å². The van der Waals surface area contributed by atoms with E-state index in [4.69, 9.17) is 18.9 Å². The summed E-state index contributed by atoms with van der Waals surface area (Å²) in [7, 11) is 0. The molecule has 3 aliphatic rings. The Balaban J connectivity index is 1.54. The van der Waals surface area contributed by atoms with E-state index >= 15 is 0 Å². The third-order valence-electron chi connectivity index (χ3n) is 9.83. The molecule has 2 N–H and O–H groups in total. The number of amides is 1. The number of nitrogens with zero attached hydrogens (tertiary/aromatic N) is 2. The van der Waals surface area contributed by atoms with Gasteiger partial charge >= 0.3 is 5.97 Å². The Morgan fingerprint density at radius 1 is 1.09 bits per heavy atom. The van der Waals surface area contributed by atoms with E-state index < -0.39 is 35.6 Å². The molecular weight excluding hydrogens is 607 g/mol. The second-order valence-electron chi connectivity index (χ2n) is 13.7. The van der Waals surface area contributed by atoms with Crippen LogP contribution in [0.4, 0.5) is 10.1 Å². The smallest absolute Gasteiger partial charge is 0.308 e. The Labute approximate surface area is 276 Å². The Hall–Kier alpha value is -3.25. The van der Waals surface area contributed by atoms with Crippen LogP contribution >= 0.6 is 0 Å². The molecule has 0 spiro atoms. The zero-order valence-electron chi connectivity index (χ0n) is 28.2. The molecular formula is C36H49FN2O8. The van der Waals surface area contributed by atoms with E-state index in [0.717, 1.165) is 25.7 Å². The van der Waals surface area contributed by atoms with E-state index in [1.165, 1.54) is 6.07 Å². The van der Waals surface area contributed by atoms with Crippen LogP contribution in [-0.2, 0) is 25.7 Å². The van der Waals surface area contributed by atoms with Gasteiger partial charge in [-0.3, -0.25) is 14.5 Å². The van der Waals surface area contributed by atoms with Crippen molar-refractivity contribution in [3.63, 3.8) is 0 Å². The molecule has 258 valence electrons. The molecule has 0 aromatic heterocycles. The zero-order chi connectivity index (χ0) is 33.9. The van der Waals surface area contributed by atoms with Crippen molar-refractivity contribution in [2.24, 2.45) is 11.3 Å². The summed E-state index contributed by atoms with van der Waals surface area (Å²) in [5.41, 5.74) is 1.77. The van der Waals surface area contributed by atoms with Crippen LogP contribution in [0.2, 0.25) is 0 Å². The molecule has 0 saturated carbocycles. The molecule has 2 fully saturated rings. The highest BCUT2D eigenvalue weighted by Crippen LogP contribution is 2.47. The fourth-order valence-electron chi connectivity index (χ4n) is 7.62. The molecule has 2 aromatic rings. The quantitative estimate of drug-likeness (QED) is 0.267. The number of likely N-dealkylation sites (tertiary alicyclic amines) is 1. The van der Waals surface area contributed by atoms with Gasteiger partial charge in [0.1, 0.15) is 5.82 Å². The lowest BCUT2D eigenvalue weighted by atomic mass is 9.77. The normalized spacial score (nSPS) is 21.6. The summed E-state index contributed by atoms with van der Waals surface area (Å²) in [4.78, 5) is 31.5. The number of carboxylic acid groups (broad SMARTS) is 1. The maximum Gasteiger partial charge on any atom is 0.308 e. The molecule has 5 rings (SSSR count). The van der Waals surface area contributed by atoms with Gasteiger partial charge in [0.25, 0.3) is 0 Å². The van der Waals surface area contributed by atoms with Crippen LogP contribution in [0.25, 0.3) is 0 Å². The van der Waals surface area contributed by atoms with Crippen LogP contribution in [0.3, 0.4) is 0 Å². The second-order valence-corrected chi connectivity index (χ2v) is 13.7. The maximum absolute atomic E-state index is 14.6. The monoisotopic (exact) mass is 656 g/mol. The van der Waals surface area contributed by atoms with Crippen molar-refractivity contribution in [2.45, 2.75) is 97.6 Å². The Morgan fingerprint density at radius 2 is 1.79 bits per heavy atom. The highest BCUT2D eigenvalue weighted by Gasteiger charge is 2.51. The highest BCUT2D eigenvalue weighted by atomic mass is 19.1. The van der Waals surface area contributed by atoms with Gasteiger partial charge in [0.15, 0.2) is 17.8 Å². The van der Waals surface area contributed by atoms with Crippen molar-refractivity contribution in [1.82, 2.24) is 4.90 Å². The van der Waals surface area contributed by atoms with E-state index in [-0.39, 0.29) is 37.7 Å². The maximum atomic E-state index is 14.6. The van der Waals surface area contributed by atoms with Gasteiger partial charge in [-0.15, -0.1) is 0 Å².